The van der Waals surface area contributed by atoms with Gasteiger partial charge in [-0.25, -0.2) is 0 Å². The molecule has 2 aliphatic rings. The number of nitrogens with zero attached hydrogens (tertiary/aromatic N) is 1. The molecule has 0 aromatic rings. The van der Waals surface area contributed by atoms with E-state index >= 15 is 0 Å². The highest BCUT2D eigenvalue weighted by Crippen LogP contribution is 2.27. The molecule has 0 bridgehead atoms. The van der Waals surface area contributed by atoms with Crippen molar-refractivity contribution < 1.29 is 9.90 Å². The van der Waals surface area contributed by atoms with Crippen LogP contribution in [0.3, 0.4) is 0 Å². The minimum absolute atomic E-state index is 0.100. The van der Waals surface area contributed by atoms with Crippen LogP contribution in [0.2, 0.25) is 0 Å². The molecule has 14 heavy (non-hydrogen) atoms. The molecule has 0 aromatic carbocycles. The van der Waals surface area contributed by atoms with Crippen LogP contribution in [0.4, 0.5) is 0 Å². The smallest absolute Gasteiger partial charge is 0.307 e. The molecule has 0 aromatic heterocycles. The Labute approximate surface area is 85.1 Å². The Balaban J connectivity index is 1.85. The van der Waals surface area contributed by atoms with Gasteiger partial charge in [-0.05, 0) is 25.8 Å². The Hall–Kier alpha value is -0.570. The van der Waals surface area contributed by atoms with Gasteiger partial charge in [-0.3, -0.25) is 9.69 Å². The average molecular weight is 197 g/mol. The van der Waals surface area contributed by atoms with Gasteiger partial charge in [0.25, 0.3) is 0 Å². The first-order chi connectivity index (χ1) is 6.77. The van der Waals surface area contributed by atoms with Crippen molar-refractivity contribution in [2.45, 2.75) is 44.6 Å². The summed E-state index contributed by atoms with van der Waals surface area (Å²) in [5, 5.41) is 8.90. The number of hydrogen-bond donors (Lipinski definition) is 1. The van der Waals surface area contributed by atoms with E-state index < -0.39 is 5.97 Å². The molecule has 0 radical (unpaired) electrons. The van der Waals surface area contributed by atoms with E-state index in [0.717, 1.165) is 19.5 Å². The van der Waals surface area contributed by atoms with Crippen LogP contribution in [0.1, 0.15) is 38.5 Å². The standard InChI is InChI=1S/C11H19NO2/c13-11(14)9-6-7-12(8-9)10-4-2-1-3-5-10/h9-10H,1-8H2,(H,13,14)/t9-/m1/s1. The molecule has 1 heterocycles. The van der Waals surface area contributed by atoms with Crippen LogP contribution in [0.5, 0.6) is 0 Å². The molecule has 2 fully saturated rings. The second-order valence-corrected chi connectivity index (χ2v) is 4.61. The van der Waals surface area contributed by atoms with Crippen LogP contribution in [0.15, 0.2) is 0 Å². The quantitative estimate of drug-likeness (QED) is 0.733. The summed E-state index contributed by atoms with van der Waals surface area (Å²) < 4.78 is 0. The number of carboxylic acids is 1. The molecule has 3 heteroatoms. The summed E-state index contributed by atoms with van der Waals surface area (Å²) in [5.41, 5.74) is 0. The van der Waals surface area contributed by atoms with Gasteiger partial charge in [-0.2, -0.15) is 0 Å². The molecule has 0 amide bonds. The van der Waals surface area contributed by atoms with Crippen molar-refractivity contribution in [2.75, 3.05) is 13.1 Å². The van der Waals surface area contributed by atoms with E-state index in [-0.39, 0.29) is 5.92 Å². The monoisotopic (exact) mass is 197 g/mol. The molecular weight excluding hydrogens is 178 g/mol. The van der Waals surface area contributed by atoms with Crippen molar-refractivity contribution in [2.24, 2.45) is 5.92 Å². The third-order valence-corrected chi connectivity index (χ3v) is 3.66. The van der Waals surface area contributed by atoms with Crippen molar-refractivity contribution in [3.63, 3.8) is 0 Å². The minimum atomic E-state index is -0.608. The Morgan fingerprint density at radius 2 is 1.86 bits per heavy atom. The van der Waals surface area contributed by atoms with Gasteiger partial charge in [0.05, 0.1) is 5.92 Å². The normalized spacial score (nSPS) is 30.7. The third-order valence-electron chi connectivity index (χ3n) is 3.66. The molecule has 3 nitrogen and oxygen atoms in total. The van der Waals surface area contributed by atoms with Gasteiger partial charge < -0.3 is 5.11 Å². The second kappa shape index (κ2) is 4.30. The number of carbonyl (C=O) groups is 1. The van der Waals surface area contributed by atoms with E-state index in [9.17, 15) is 4.79 Å². The molecule has 1 aliphatic heterocycles. The fourth-order valence-corrected chi connectivity index (χ4v) is 2.77. The van der Waals surface area contributed by atoms with Crippen LogP contribution in [0.25, 0.3) is 0 Å². The summed E-state index contributed by atoms with van der Waals surface area (Å²) in [6, 6.07) is 0.688. The van der Waals surface area contributed by atoms with Crippen LogP contribution in [0, 0.1) is 5.92 Å². The van der Waals surface area contributed by atoms with Crippen molar-refractivity contribution in [3.8, 4) is 0 Å². The predicted molar refractivity (Wildman–Crippen MR) is 54.2 cm³/mol. The Kier molecular flexibility index (Phi) is 3.06. The van der Waals surface area contributed by atoms with Crippen LogP contribution >= 0.6 is 0 Å². The highest BCUT2D eigenvalue weighted by molar-refractivity contribution is 5.70. The first-order valence-corrected chi connectivity index (χ1v) is 5.74. The van der Waals surface area contributed by atoms with Crippen molar-refractivity contribution in [1.29, 1.82) is 0 Å². The lowest BCUT2D eigenvalue weighted by Gasteiger charge is -2.30. The van der Waals surface area contributed by atoms with E-state index in [1.54, 1.807) is 0 Å². The van der Waals surface area contributed by atoms with Gasteiger partial charge in [0.2, 0.25) is 0 Å². The van der Waals surface area contributed by atoms with Gasteiger partial charge in [-0.1, -0.05) is 19.3 Å². The maximum atomic E-state index is 10.8. The lowest BCUT2D eigenvalue weighted by molar-refractivity contribution is -0.141. The zero-order valence-electron chi connectivity index (χ0n) is 8.61. The molecule has 0 unspecified atom stereocenters. The van der Waals surface area contributed by atoms with Gasteiger partial charge in [0.1, 0.15) is 0 Å². The van der Waals surface area contributed by atoms with Crippen LogP contribution < -0.4 is 0 Å². The molecule has 80 valence electrons. The summed E-state index contributed by atoms with van der Waals surface area (Å²) in [7, 11) is 0. The fourth-order valence-electron chi connectivity index (χ4n) is 2.77. The molecule has 0 spiro atoms. The summed E-state index contributed by atoms with van der Waals surface area (Å²) in [6.07, 6.45) is 7.45. The number of rotatable bonds is 2. The summed E-state index contributed by atoms with van der Waals surface area (Å²) in [6.45, 7) is 1.79. The molecule has 1 saturated carbocycles. The molecule has 1 atom stereocenters. The summed E-state index contributed by atoms with van der Waals surface area (Å²) in [4.78, 5) is 13.2. The molecule has 2 rings (SSSR count). The lowest BCUT2D eigenvalue weighted by atomic mass is 9.94. The molecule has 1 aliphatic carbocycles. The predicted octanol–water partition coefficient (Wildman–Crippen LogP) is 1.73. The van der Waals surface area contributed by atoms with Crippen LogP contribution in [-0.4, -0.2) is 35.1 Å². The Bertz CT molecular complexity index is 211. The number of aliphatic carboxylic acids is 1. The molecule has 1 saturated heterocycles. The topological polar surface area (TPSA) is 40.5 Å². The fraction of sp³-hybridized carbons (Fsp3) is 0.909. The largest absolute Gasteiger partial charge is 0.481 e. The highest BCUT2D eigenvalue weighted by Gasteiger charge is 2.32. The minimum Gasteiger partial charge on any atom is -0.481 e. The number of carboxylic acid groups (broad SMARTS) is 1. The highest BCUT2D eigenvalue weighted by atomic mass is 16.4. The lowest BCUT2D eigenvalue weighted by Crippen LogP contribution is -2.35. The van der Waals surface area contributed by atoms with Gasteiger partial charge in [-0.15, -0.1) is 0 Å². The SMILES string of the molecule is O=C(O)[C@@H]1CCN(C2CCCCC2)C1. The zero-order valence-corrected chi connectivity index (χ0v) is 8.61. The number of likely N-dealkylation sites (tertiary alicyclic amines) is 1. The van der Waals surface area contributed by atoms with Gasteiger partial charge >= 0.3 is 5.97 Å². The van der Waals surface area contributed by atoms with E-state index in [2.05, 4.69) is 4.90 Å². The van der Waals surface area contributed by atoms with Crippen molar-refractivity contribution >= 4 is 5.97 Å². The molecular formula is C11H19NO2. The first-order valence-electron chi connectivity index (χ1n) is 5.74. The average Bonchev–Trinajstić information content (AvgIpc) is 2.68. The summed E-state index contributed by atoms with van der Waals surface area (Å²) >= 11 is 0. The van der Waals surface area contributed by atoms with Crippen LogP contribution in [-0.2, 0) is 4.79 Å². The maximum Gasteiger partial charge on any atom is 0.307 e. The van der Waals surface area contributed by atoms with E-state index in [4.69, 9.17) is 5.11 Å². The van der Waals surface area contributed by atoms with Gasteiger partial charge in [0, 0.05) is 12.6 Å². The molecule has 1 N–H and O–H groups in total. The maximum absolute atomic E-state index is 10.8. The third kappa shape index (κ3) is 2.08. The second-order valence-electron chi connectivity index (χ2n) is 4.61. The first kappa shape index (κ1) is 9.97. The zero-order chi connectivity index (χ0) is 9.97. The van der Waals surface area contributed by atoms with E-state index in [0.29, 0.717) is 6.04 Å². The van der Waals surface area contributed by atoms with Crippen molar-refractivity contribution in [3.05, 3.63) is 0 Å². The number of hydrogen-bond acceptors (Lipinski definition) is 2. The van der Waals surface area contributed by atoms with E-state index in [1.165, 1.54) is 32.1 Å². The Morgan fingerprint density at radius 3 is 2.43 bits per heavy atom. The van der Waals surface area contributed by atoms with Crippen molar-refractivity contribution in [1.82, 2.24) is 4.90 Å². The Morgan fingerprint density at radius 1 is 1.14 bits per heavy atom. The summed E-state index contributed by atoms with van der Waals surface area (Å²) in [5.74, 6) is -0.708. The van der Waals surface area contributed by atoms with Gasteiger partial charge in [0.15, 0.2) is 0 Å². The van der Waals surface area contributed by atoms with E-state index in [1.807, 2.05) is 0 Å².